The lowest BCUT2D eigenvalue weighted by Crippen LogP contribution is -2.12. The third-order valence-electron chi connectivity index (χ3n) is 2.39. The van der Waals surface area contributed by atoms with Crippen molar-refractivity contribution in [3.05, 3.63) is 59.4 Å². The molecular formula is C14H8N4O. The van der Waals surface area contributed by atoms with E-state index in [4.69, 9.17) is 10.5 Å². The summed E-state index contributed by atoms with van der Waals surface area (Å²) < 4.78 is 0. The van der Waals surface area contributed by atoms with Gasteiger partial charge in [0.2, 0.25) is 0 Å². The van der Waals surface area contributed by atoms with Gasteiger partial charge in [0.05, 0.1) is 11.6 Å². The zero-order chi connectivity index (χ0) is 13.7. The summed E-state index contributed by atoms with van der Waals surface area (Å²) in [5.74, 6) is -0.353. The van der Waals surface area contributed by atoms with Crippen LogP contribution >= 0.6 is 0 Å². The van der Waals surface area contributed by atoms with Crippen LogP contribution in [0.5, 0.6) is 0 Å². The average Bonchev–Trinajstić information content (AvgIpc) is 2.47. The third-order valence-corrected chi connectivity index (χ3v) is 2.39. The van der Waals surface area contributed by atoms with Gasteiger partial charge in [-0.3, -0.25) is 4.79 Å². The number of hydrogen-bond donors (Lipinski definition) is 1. The van der Waals surface area contributed by atoms with E-state index in [-0.39, 0.29) is 11.6 Å². The molecule has 1 amide bonds. The van der Waals surface area contributed by atoms with E-state index in [9.17, 15) is 4.79 Å². The van der Waals surface area contributed by atoms with Gasteiger partial charge in [0.15, 0.2) is 0 Å². The summed E-state index contributed by atoms with van der Waals surface area (Å²) in [6.07, 6.45) is 1.40. The highest BCUT2D eigenvalue weighted by Crippen LogP contribution is 2.11. The third kappa shape index (κ3) is 2.93. The van der Waals surface area contributed by atoms with Crippen LogP contribution in [0.25, 0.3) is 0 Å². The van der Waals surface area contributed by atoms with Gasteiger partial charge in [0.25, 0.3) is 5.91 Å². The maximum Gasteiger partial charge on any atom is 0.255 e. The first-order chi connectivity index (χ1) is 9.22. The molecule has 0 atom stereocenters. The molecule has 0 radical (unpaired) electrons. The zero-order valence-electron chi connectivity index (χ0n) is 9.79. The van der Waals surface area contributed by atoms with Gasteiger partial charge in [0, 0.05) is 17.4 Å². The first-order valence-corrected chi connectivity index (χ1v) is 5.40. The van der Waals surface area contributed by atoms with E-state index < -0.39 is 0 Å². The lowest BCUT2D eigenvalue weighted by Gasteiger charge is -2.05. The largest absolute Gasteiger partial charge is 0.322 e. The molecule has 5 heteroatoms. The molecule has 0 aliphatic carbocycles. The molecule has 0 spiro atoms. The molecule has 90 valence electrons. The Bertz CT molecular complexity index is 710. The van der Waals surface area contributed by atoms with Crippen LogP contribution in [0.3, 0.4) is 0 Å². The Labute approximate surface area is 109 Å². The van der Waals surface area contributed by atoms with Crippen molar-refractivity contribution in [2.75, 3.05) is 5.32 Å². The fourth-order valence-electron chi connectivity index (χ4n) is 1.50. The number of hydrogen-bond acceptors (Lipinski definition) is 4. The summed E-state index contributed by atoms with van der Waals surface area (Å²) in [4.78, 5) is 15.7. The van der Waals surface area contributed by atoms with E-state index in [1.54, 1.807) is 24.3 Å². The van der Waals surface area contributed by atoms with E-state index in [1.807, 2.05) is 12.1 Å². The van der Waals surface area contributed by atoms with Crippen LogP contribution in [-0.4, -0.2) is 10.9 Å². The topological polar surface area (TPSA) is 89.6 Å². The highest BCUT2D eigenvalue weighted by Gasteiger charge is 2.07. The maximum atomic E-state index is 12.0. The van der Waals surface area contributed by atoms with Gasteiger partial charge in [0.1, 0.15) is 11.8 Å². The molecule has 0 bridgehead atoms. The molecule has 0 fully saturated rings. The molecule has 1 N–H and O–H groups in total. The van der Waals surface area contributed by atoms with Crippen LogP contribution in [0.4, 0.5) is 5.69 Å². The van der Waals surface area contributed by atoms with Crippen molar-refractivity contribution in [1.29, 1.82) is 10.5 Å². The molecule has 2 aromatic rings. The van der Waals surface area contributed by atoms with Gasteiger partial charge in [-0.2, -0.15) is 10.5 Å². The van der Waals surface area contributed by atoms with Crippen molar-refractivity contribution in [2.24, 2.45) is 0 Å². The molecular weight excluding hydrogens is 240 g/mol. The second-order valence-electron chi connectivity index (χ2n) is 3.69. The van der Waals surface area contributed by atoms with E-state index >= 15 is 0 Å². The standard InChI is InChI=1S/C14H8N4O/c15-8-10-2-1-3-12(6-10)18-14(19)11-4-5-17-13(7-11)9-16/h1-7H,(H,18,19). The second-order valence-corrected chi connectivity index (χ2v) is 3.69. The van der Waals surface area contributed by atoms with Crippen molar-refractivity contribution >= 4 is 11.6 Å². The predicted molar refractivity (Wildman–Crippen MR) is 68.1 cm³/mol. The van der Waals surface area contributed by atoms with Gasteiger partial charge in [-0.25, -0.2) is 4.98 Å². The summed E-state index contributed by atoms with van der Waals surface area (Å²) in [6.45, 7) is 0. The quantitative estimate of drug-likeness (QED) is 0.880. The Morgan fingerprint density at radius 3 is 2.74 bits per heavy atom. The number of carbonyl (C=O) groups is 1. The Balaban J connectivity index is 2.21. The van der Waals surface area contributed by atoms with Crippen LogP contribution in [0, 0.1) is 22.7 Å². The monoisotopic (exact) mass is 248 g/mol. The summed E-state index contributed by atoms with van der Waals surface area (Å²) in [5, 5.41) is 20.2. The fraction of sp³-hybridized carbons (Fsp3) is 0. The molecule has 19 heavy (non-hydrogen) atoms. The number of nitrogens with zero attached hydrogens (tertiary/aromatic N) is 3. The predicted octanol–water partition coefficient (Wildman–Crippen LogP) is 2.08. The van der Waals surface area contributed by atoms with Crippen molar-refractivity contribution in [3.63, 3.8) is 0 Å². The molecule has 1 aromatic heterocycles. The van der Waals surface area contributed by atoms with Crippen LogP contribution in [0.15, 0.2) is 42.6 Å². The Morgan fingerprint density at radius 1 is 1.16 bits per heavy atom. The van der Waals surface area contributed by atoms with Crippen LogP contribution in [-0.2, 0) is 0 Å². The normalized spacial score (nSPS) is 9.16. The number of benzene rings is 1. The minimum absolute atomic E-state index is 0.179. The van der Waals surface area contributed by atoms with Crippen molar-refractivity contribution in [2.45, 2.75) is 0 Å². The summed E-state index contributed by atoms with van der Waals surface area (Å²) in [5.41, 5.74) is 1.51. The highest BCUT2D eigenvalue weighted by atomic mass is 16.1. The van der Waals surface area contributed by atoms with Gasteiger partial charge in [-0.15, -0.1) is 0 Å². The van der Waals surface area contributed by atoms with Crippen molar-refractivity contribution in [1.82, 2.24) is 4.98 Å². The van der Waals surface area contributed by atoms with Crippen LogP contribution in [0.2, 0.25) is 0 Å². The SMILES string of the molecule is N#Cc1cccc(NC(=O)c2ccnc(C#N)c2)c1. The first kappa shape index (κ1) is 12.3. The number of nitriles is 2. The number of carbonyl (C=O) groups excluding carboxylic acids is 1. The fourth-order valence-corrected chi connectivity index (χ4v) is 1.50. The van der Waals surface area contributed by atoms with Crippen LogP contribution in [0.1, 0.15) is 21.6 Å². The molecule has 0 unspecified atom stereocenters. The molecule has 0 saturated heterocycles. The molecule has 2 rings (SSSR count). The van der Waals surface area contributed by atoms with E-state index in [2.05, 4.69) is 10.3 Å². The van der Waals surface area contributed by atoms with Gasteiger partial charge >= 0.3 is 0 Å². The minimum Gasteiger partial charge on any atom is -0.322 e. The second kappa shape index (κ2) is 5.44. The average molecular weight is 248 g/mol. The zero-order valence-corrected chi connectivity index (χ0v) is 9.79. The molecule has 0 aliphatic rings. The number of pyridine rings is 1. The number of nitrogens with one attached hydrogen (secondary N) is 1. The molecule has 0 saturated carbocycles. The number of anilines is 1. The van der Waals surface area contributed by atoms with Gasteiger partial charge in [-0.1, -0.05) is 6.07 Å². The summed E-state index contributed by atoms with van der Waals surface area (Å²) in [7, 11) is 0. The Morgan fingerprint density at radius 2 is 2.00 bits per heavy atom. The van der Waals surface area contributed by atoms with Gasteiger partial charge < -0.3 is 5.32 Å². The lowest BCUT2D eigenvalue weighted by atomic mass is 10.2. The van der Waals surface area contributed by atoms with Gasteiger partial charge in [-0.05, 0) is 30.3 Å². The van der Waals surface area contributed by atoms with Crippen LogP contribution < -0.4 is 5.32 Å². The van der Waals surface area contributed by atoms with Crippen molar-refractivity contribution < 1.29 is 4.79 Å². The first-order valence-electron chi connectivity index (χ1n) is 5.40. The molecule has 5 nitrogen and oxygen atoms in total. The van der Waals surface area contributed by atoms with E-state index in [0.717, 1.165) is 0 Å². The van der Waals surface area contributed by atoms with E-state index in [1.165, 1.54) is 18.3 Å². The smallest absolute Gasteiger partial charge is 0.255 e. The highest BCUT2D eigenvalue weighted by molar-refractivity contribution is 6.04. The number of amides is 1. The molecule has 1 heterocycles. The molecule has 0 aliphatic heterocycles. The van der Waals surface area contributed by atoms with E-state index in [0.29, 0.717) is 16.8 Å². The minimum atomic E-state index is -0.353. The summed E-state index contributed by atoms with van der Waals surface area (Å²) in [6, 6.07) is 13.4. The molecule has 1 aromatic carbocycles. The lowest BCUT2D eigenvalue weighted by molar-refractivity contribution is 0.102. The Kier molecular flexibility index (Phi) is 3.51. The maximum absolute atomic E-state index is 12.0. The number of rotatable bonds is 2. The number of aromatic nitrogens is 1. The summed E-state index contributed by atoms with van der Waals surface area (Å²) >= 11 is 0. The van der Waals surface area contributed by atoms with Crippen molar-refractivity contribution in [3.8, 4) is 12.1 Å². The Hall–Kier alpha value is -3.18.